The molecule has 1 unspecified atom stereocenters. The van der Waals surface area contributed by atoms with Gasteiger partial charge in [0.05, 0.1) is 10.0 Å². The topological polar surface area (TPSA) is 26.0 Å². The standard InChI is InChI=1S/C18H21Cl2N/c1-11-6-12(2)16(13(3)7-11)10-15(21)8-14-4-5-17(19)18(20)9-14/h4-7,9,15H,8,10,21H2,1-3H3. The van der Waals surface area contributed by atoms with E-state index in [0.717, 1.165) is 18.4 Å². The molecule has 3 heteroatoms. The summed E-state index contributed by atoms with van der Waals surface area (Å²) in [6.45, 7) is 6.43. The summed E-state index contributed by atoms with van der Waals surface area (Å²) in [4.78, 5) is 0. The average Bonchev–Trinajstić information content (AvgIpc) is 2.38. The van der Waals surface area contributed by atoms with Crippen LogP contribution in [0.1, 0.15) is 27.8 Å². The molecule has 0 saturated heterocycles. The van der Waals surface area contributed by atoms with Crippen molar-refractivity contribution >= 4 is 23.2 Å². The van der Waals surface area contributed by atoms with E-state index in [1.54, 1.807) is 0 Å². The van der Waals surface area contributed by atoms with Gasteiger partial charge in [-0.3, -0.25) is 0 Å². The van der Waals surface area contributed by atoms with Crippen LogP contribution in [0.25, 0.3) is 0 Å². The molecule has 0 aliphatic rings. The molecule has 112 valence electrons. The van der Waals surface area contributed by atoms with Gasteiger partial charge in [-0.25, -0.2) is 0 Å². The lowest BCUT2D eigenvalue weighted by molar-refractivity contribution is 0.660. The van der Waals surface area contributed by atoms with E-state index in [9.17, 15) is 0 Å². The van der Waals surface area contributed by atoms with Crippen molar-refractivity contribution in [2.24, 2.45) is 5.73 Å². The van der Waals surface area contributed by atoms with Crippen LogP contribution in [-0.4, -0.2) is 6.04 Å². The predicted octanol–water partition coefficient (Wildman–Crippen LogP) is 5.03. The maximum atomic E-state index is 6.33. The third-order valence-corrected chi connectivity index (χ3v) is 4.53. The maximum Gasteiger partial charge on any atom is 0.0595 e. The smallest absolute Gasteiger partial charge is 0.0595 e. The number of hydrogen-bond acceptors (Lipinski definition) is 1. The molecule has 0 aromatic heterocycles. The molecule has 0 aliphatic carbocycles. The zero-order valence-electron chi connectivity index (χ0n) is 12.7. The molecular formula is C18H21Cl2N. The highest BCUT2D eigenvalue weighted by Crippen LogP contribution is 2.24. The average molecular weight is 322 g/mol. The highest BCUT2D eigenvalue weighted by atomic mass is 35.5. The summed E-state index contributed by atoms with van der Waals surface area (Å²) >= 11 is 12.0. The molecular weight excluding hydrogens is 301 g/mol. The van der Waals surface area contributed by atoms with Crippen molar-refractivity contribution in [1.82, 2.24) is 0 Å². The lowest BCUT2D eigenvalue weighted by Gasteiger charge is -2.17. The van der Waals surface area contributed by atoms with E-state index in [-0.39, 0.29) is 6.04 Å². The second-order valence-electron chi connectivity index (χ2n) is 5.79. The molecule has 0 saturated carbocycles. The molecule has 2 aromatic carbocycles. The Labute approximate surface area is 137 Å². The van der Waals surface area contributed by atoms with Crippen LogP contribution < -0.4 is 5.73 Å². The Morgan fingerprint density at radius 3 is 2.10 bits per heavy atom. The Morgan fingerprint density at radius 2 is 1.52 bits per heavy atom. The molecule has 1 nitrogen and oxygen atoms in total. The van der Waals surface area contributed by atoms with E-state index in [2.05, 4.69) is 32.9 Å². The SMILES string of the molecule is Cc1cc(C)c(CC(N)Cc2ccc(Cl)c(Cl)c2)c(C)c1. The van der Waals surface area contributed by atoms with Gasteiger partial charge in [0.25, 0.3) is 0 Å². The van der Waals surface area contributed by atoms with Crippen LogP contribution in [0.2, 0.25) is 10.0 Å². The summed E-state index contributed by atoms with van der Waals surface area (Å²) < 4.78 is 0. The fraction of sp³-hybridized carbons (Fsp3) is 0.333. The van der Waals surface area contributed by atoms with Crippen LogP contribution in [0.15, 0.2) is 30.3 Å². The summed E-state index contributed by atoms with van der Waals surface area (Å²) in [5.74, 6) is 0. The number of nitrogens with two attached hydrogens (primary N) is 1. The zero-order valence-corrected chi connectivity index (χ0v) is 14.2. The van der Waals surface area contributed by atoms with Crippen molar-refractivity contribution in [2.45, 2.75) is 39.7 Å². The number of aryl methyl sites for hydroxylation is 3. The molecule has 0 radical (unpaired) electrons. The first-order valence-electron chi connectivity index (χ1n) is 7.13. The summed E-state index contributed by atoms with van der Waals surface area (Å²) in [5.41, 5.74) is 12.7. The lowest BCUT2D eigenvalue weighted by Crippen LogP contribution is -2.26. The quantitative estimate of drug-likeness (QED) is 0.839. The van der Waals surface area contributed by atoms with Crippen molar-refractivity contribution < 1.29 is 0 Å². The summed E-state index contributed by atoms with van der Waals surface area (Å²) in [5, 5.41) is 1.17. The molecule has 0 heterocycles. The lowest BCUT2D eigenvalue weighted by atomic mass is 9.92. The van der Waals surface area contributed by atoms with Crippen LogP contribution >= 0.6 is 23.2 Å². The van der Waals surface area contributed by atoms with Crippen LogP contribution in [0.4, 0.5) is 0 Å². The summed E-state index contributed by atoms with van der Waals surface area (Å²) in [7, 11) is 0. The Kier molecular flexibility index (Phi) is 5.32. The molecule has 2 N–H and O–H groups in total. The van der Waals surface area contributed by atoms with Crippen molar-refractivity contribution in [1.29, 1.82) is 0 Å². The number of halogens is 2. The first-order chi connectivity index (χ1) is 9.86. The minimum absolute atomic E-state index is 0.0716. The molecule has 21 heavy (non-hydrogen) atoms. The maximum absolute atomic E-state index is 6.33. The first-order valence-corrected chi connectivity index (χ1v) is 7.88. The van der Waals surface area contributed by atoms with Gasteiger partial charge in [-0.05, 0) is 68.0 Å². The van der Waals surface area contributed by atoms with Gasteiger partial charge in [0.2, 0.25) is 0 Å². The largest absolute Gasteiger partial charge is 0.327 e. The normalized spacial score (nSPS) is 12.5. The van der Waals surface area contributed by atoms with E-state index in [1.807, 2.05) is 18.2 Å². The van der Waals surface area contributed by atoms with Crippen molar-refractivity contribution in [3.05, 3.63) is 68.2 Å². The summed E-state index contributed by atoms with van der Waals surface area (Å²) in [6.07, 6.45) is 1.67. The van der Waals surface area contributed by atoms with Crippen LogP contribution in [-0.2, 0) is 12.8 Å². The third kappa shape index (κ3) is 4.23. The summed E-state index contributed by atoms with van der Waals surface area (Å²) in [6, 6.07) is 10.2. The fourth-order valence-electron chi connectivity index (χ4n) is 2.84. The van der Waals surface area contributed by atoms with E-state index >= 15 is 0 Å². The van der Waals surface area contributed by atoms with Gasteiger partial charge in [0.1, 0.15) is 0 Å². The Balaban J connectivity index is 2.11. The van der Waals surface area contributed by atoms with Gasteiger partial charge >= 0.3 is 0 Å². The first kappa shape index (κ1) is 16.4. The molecule has 1 atom stereocenters. The number of hydrogen-bond donors (Lipinski definition) is 1. The Hall–Kier alpha value is -1.02. The monoisotopic (exact) mass is 321 g/mol. The molecule has 0 spiro atoms. The Morgan fingerprint density at radius 1 is 0.905 bits per heavy atom. The predicted molar refractivity (Wildman–Crippen MR) is 92.5 cm³/mol. The minimum Gasteiger partial charge on any atom is -0.327 e. The number of benzene rings is 2. The molecule has 2 aromatic rings. The van der Waals surface area contributed by atoms with E-state index < -0.39 is 0 Å². The number of rotatable bonds is 4. The van der Waals surface area contributed by atoms with Gasteiger partial charge < -0.3 is 5.73 Å². The second kappa shape index (κ2) is 6.83. The highest BCUT2D eigenvalue weighted by molar-refractivity contribution is 6.42. The molecule has 0 bridgehead atoms. The zero-order chi connectivity index (χ0) is 15.6. The molecule has 2 rings (SSSR count). The van der Waals surface area contributed by atoms with Crippen LogP contribution in [0, 0.1) is 20.8 Å². The highest BCUT2D eigenvalue weighted by Gasteiger charge is 2.11. The van der Waals surface area contributed by atoms with Gasteiger partial charge in [-0.1, -0.05) is 47.0 Å². The fourth-order valence-corrected chi connectivity index (χ4v) is 3.16. The van der Waals surface area contributed by atoms with Crippen molar-refractivity contribution in [3.63, 3.8) is 0 Å². The van der Waals surface area contributed by atoms with Gasteiger partial charge in [-0.2, -0.15) is 0 Å². The van der Waals surface area contributed by atoms with Crippen LogP contribution in [0.5, 0.6) is 0 Å². The molecule has 0 fully saturated rings. The van der Waals surface area contributed by atoms with E-state index in [0.29, 0.717) is 10.0 Å². The van der Waals surface area contributed by atoms with E-state index in [1.165, 1.54) is 22.3 Å². The van der Waals surface area contributed by atoms with Crippen LogP contribution in [0.3, 0.4) is 0 Å². The Bertz CT molecular complexity index is 627. The molecule has 0 aliphatic heterocycles. The van der Waals surface area contributed by atoms with Crippen molar-refractivity contribution in [2.75, 3.05) is 0 Å². The van der Waals surface area contributed by atoms with Gasteiger partial charge in [-0.15, -0.1) is 0 Å². The second-order valence-corrected chi connectivity index (χ2v) is 6.61. The molecule has 0 amide bonds. The van der Waals surface area contributed by atoms with Gasteiger partial charge in [0.15, 0.2) is 0 Å². The third-order valence-electron chi connectivity index (χ3n) is 3.79. The van der Waals surface area contributed by atoms with Crippen molar-refractivity contribution in [3.8, 4) is 0 Å². The van der Waals surface area contributed by atoms with E-state index in [4.69, 9.17) is 28.9 Å². The minimum atomic E-state index is 0.0716. The van der Waals surface area contributed by atoms with Gasteiger partial charge in [0, 0.05) is 6.04 Å².